The van der Waals surface area contributed by atoms with Crippen LogP contribution in [0, 0.1) is 6.92 Å². The van der Waals surface area contributed by atoms with Crippen LogP contribution >= 0.6 is 0 Å². The van der Waals surface area contributed by atoms with Gasteiger partial charge in [-0.1, -0.05) is 89.1 Å². The van der Waals surface area contributed by atoms with Gasteiger partial charge in [0.15, 0.2) is 0 Å². The Morgan fingerprint density at radius 2 is 0.940 bits per heavy atom. The molecule has 0 saturated heterocycles. The molecule has 2 nitrogen and oxygen atoms in total. The molecule has 0 fully saturated rings. The van der Waals surface area contributed by atoms with Crippen LogP contribution in [0.15, 0.2) is 82.6 Å². The Balaban J connectivity index is 0.000000342. The molecule has 0 unspecified atom stereocenters. The number of para-hydroxylation sites is 2. The van der Waals surface area contributed by atoms with Crippen molar-refractivity contribution in [3.8, 4) is 0 Å². The molecular weight excluding hydrogens is 798 g/mol. The minimum absolute atomic E-state index is 0. The van der Waals surface area contributed by atoms with Gasteiger partial charge in [-0.05, 0) is 23.3 Å². The van der Waals surface area contributed by atoms with E-state index in [1.807, 2.05) is 18.2 Å². The molecule has 50 heavy (non-hydrogen) atoms. The van der Waals surface area contributed by atoms with Gasteiger partial charge >= 0.3 is 177 Å². The molecule has 4 aromatic rings. The van der Waals surface area contributed by atoms with E-state index in [9.17, 15) is 0 Å². The van der Waals surface area contributed by atoms with Crippen molar-refractivity contribution >= 4 is 72.7 Å². The Kier molecular flexibility index (Phi) is 15.8. The molecule has 6 heteroatoms. The summed E-state index contributed by atoms with van der Waals surface area (Å²) in [6.45, 7) is 31.1. The number of nitrogens with zero attached hydrogens (tertiary/aromatic N) is 2. The molecule has 0 spiro atoms. The Hall–Kier alpha value is -1.79. The van der Waals surface area contributed by atoms with Gasteiger partial charge in [-0.3, -0.25) is 0 Å². The molecule has 0 aliphatic rings. The van der Waals surface area contributed by atoms with Gasteiger partial charge in [0.25, 0.3) is 0 Å². The minimum Gasteiger partial charge on any atom is -0.781 e. The normalized spacial score (nSPS) is 12.0. The first-order valence-electron chi connectivity index (χ1n) is 17.6. The molecule has 0 bridgehead atoms. The van der Waals surface area contributed by atoms with Gasteiger partial charge in [0.2, 0.25) is 0 Å². The van der Waals surface area contributed by atoms with E-state index in [1.165, 1.54) is 42.3 Å². The number of aryl methyl sites for hydroxylation is 1. The van der Waals surface area contributed by atoms with E-state index in [-0.39, 0.29) is 38.2 Å². The Morgan fingerprint density at radius 1 is 0.540 bits per heavy atom. The van der Waals surface area contributed by atoms with Gasteiger partial charge in [-0.15, -0.1) is 5.69 Å². The zero-order valence-electron chi connectivity index (χ0n) is 32.9. The Morgan fingerprint density at radius 3 is 1.34 bits per heavy atom. The summed E-state index contributed by atoms with van der Waals surface area (Å²) < 4.78 is 2.83. The number of rotatable bonds is 7. The summed E-state index contributed by atoms with van der Waals surface area (Å²) in [5.74, 6) is 0. The van der Waals surface area contributed by atoms with Crippen LogP contribution in [0.3, 0.4) is 0 Å². The fourth-order valence-corrected chi connectivity index (χ4v) is 9.25. The predicted molar refractivity (Wildman–Crippen MR) is 222 cm³/mol. The second-order valence-electron chi connectivity index (χ2n) is 17.2. The molecule has 0 atom stereocenters. The minimum atomic E-state index is -0.569. The van der Waals surface area contributed by atoms with Gasteiger partial charge in [-0.25, -0.2) is 0 Å². The van der Waals surface area contributed by atoms with Crippen molar-refractivity contribution in [2.75, 3.05) is 0 Å². The number of hydrogen-bond donors (Lipinski definition) is 0. The first-order chi connectivity index (χ1) is 22.5. The second kappa shape index (κ2) is 17.8. The first-order valence-corrected chi connectivity index (χ1v) is 21.8. The SMILES string of the molecule is CC[CH2][Sn][c]1ccccc1[N-]c1cc(C(C)(C)C)cc(C(C)(C)C)c1[S-].Cc1ccccc1[N-]c1cc(C(C)(C)C)cc(C(C)(C)C)c1[S-].[Ni]. The topological polar surface area (TPSA) is 28.2 Å². The molecule has 4 rings (SSSR count). The van der Waals surface area contributed by atoms with Crippen molar-refractivity contribution in [1.29, 1.82) is 0 Å². The maximum Gasteiger partial charge on any atom is 0 e. The van der Waals surface area contributed by atoms with E-state index in [0.717, 1.165) is 32.5 Å². The van der Waals surface area contributed by atoms with E-state index in [4.69, 9.17) is 35.9 Å². The van der Waals surface area contributed by atoms with Crippen LogP contribution in [0.25, 0.3) is 10.6 Å². The van der Waals surface area contributed by atoms with Crippen molar-refractivity contribution in [3.63, 3.8) is 0 Å². The molecular formula is C44H58N2NiS2Sn-4. The van der Waals surface area contributed by atoms with Crippen LogP contribution in [0.4, 0.5) is 22.7 Å². The number of hydrogen-bond acceptors (Lipinski definition) is 2. The van der Waals surface area contributed by atoms with E-state index in [2.05, 4.69) is 152 Å². The molecule has 4 aromatic carbocycles. The van der Waals surface area contributed by atoms with E-state index >= 15 is 0 Å². The van der Waals surface area contributed by atoms with Crippen molar-refractivity contribution in [2.24, 2.45) is 0 Å². The largest absolute Gasteiger partial charge is 0.781 e. The zero-order valence-corrected chi connectivity index (χ0v) is 38.3. The van der Waals surface area contributed by atoms with Crippen LogP contribution < -0.4 is 3.58 Å². The van der Waals surface area contributed by atoms with Crippen molar-refractivity contribution in [3.05, 3.63) is 111 Å². The zero-order chi connectivity index (χ0) is 36.9. The quantitative estimate of drug-likeness (QED) is 0.137. The van der Waals surface area contributed by atoms with Crippen LogP contribution in [-0.2, 0) is 63.4 Å². The third kappa shape index (κ3) is 12.1. The third-order valence-corrected chi connectivity index (χ3v) is 13.8. The smallest absolute Gasteiger partial charge is 0 e. The average Bonchev–Trinajstić information content (AvgIpc) is 2.97. The molecule has 0 aliphatic heterocycles. The monoisotopic (exact) mass is 856 g/mol. The van der Waals surface area contributed by atoms with Crippen LogP contribution in [0.5, 0.6) is 0 Å². The summed E-state index contributed by atoms with van der Waals surface area (Å²) >= 11 is 11.1. The first kappa shape index (κ1) is 44.4. The van der Waals surface area contributed by atoms with E-state index in [0.29, 0.717) is 0 Å². The second-order valence-corrected chi connectivity index (χ2v) is 22.0. The molecule has 0 heterocycles. The summed E-state index contributed by atoms with van der Waals surface area (Å²) in [4.78, 5) is 1.77. The predicted octanol–water partition coefficient (Wildman–Crippen LogP) is 13.5. The Labute approximate surface area is 337 Å². The molecule has 0 N–H and O–H groups in total. The third-order valence-electron chi connectivity index (χ3n) is 8.55. The maximum absolute atomic E-state index is 5.87. The van der Waals surface area contributed by atoms with Crippen LogP contribution in [0.1, 0.15) is 124 Å². The molecule has 2 radical (unpaired) electrons. The van der Waals surface area contributed by atoms with Crippen molar-refractivity contribution in [2.45, 2.75) is 139 Å². The summed E-state index contributed by atoms with van der Waals surface area (Å²) in [7, 11) is 0. The van der Waals surface area contributed by atoms with Gasteiger partial charge in [-0.2, -0.15) is 10.6 Å². The number of benzene rings is 4. The van der Waals surface area contributed by atoms with Crippen LogP contribution in [-0.4, -0.2) is 21.1 Å². The summed E-state index contributed by atoms with van der Waals surface area (Å²) in [5, 5.41) is 9.96. The summed E-state index contributed by atoms with van der Waals surface area (Å²) in [6.07, 6.45) is 1.26. The maximum atomic E-state index is 5.87. The summed E-state index contributed by atoms with van der Waals surface area (Å²) in [6, 6.07) is 25.8. The standard InChI is InChI=1S/C21H28NS.C20H25NS.C3H7.Ni.Sn/c1-14-10-8-9-11-17(14)22-18-13-15(20(2,3)4)12-16(19(18)23)21(5,6)7;1-19(2,3)14-12-16(20(4,5)6)18(22)17(13-14)21-15-10-8-7-9-11-15;1-3-2;;/h8-13,23H,1-7H3;7-10,12-13,22H,1-6H3;1,3H2,2H3;;/q2*-1;;;/p-2. The fourth-order valence-electron chi connectivity index (χ4n) is 5.30. The molecule has 0 aliphatic carbocycles. The van der Waals surface area contributed by atoms with Crippen LogP contribution in [0.2, 0.25) is 4.44 Å². The molecule has 0 aromatic heterocycles. The average molecular weight is 856 g/mol. The molecule has 0 amide bonds. The fraction of sp³-hybridized carbons (Fsp3) is 0.455. The van der Waals surface area contributed by atoms with Gasteiger partial charge < -0.3 is 17.9 Å². The van der Waals surface area contributed by atoms with Crippen molar-refractivity contribution < 1.29 is 16.5 Å². The molecule has 274 valence electrons. The van der Waals surface area contributed by atoms with Crippen molar-refractivity contribution in [1.82, 2.24) is 0 Å². The molecule has 0 saturated carbocycles. The van der Waals surface area contributed by atoms with E-state index < -0.39 is 21.1 Å². The Bertz CT molecular complexity index is 1720. The van der Waals surface area contributed by atoms with E-state index in [1.54, 1.807) is 0 Å². The summed E-state index contributed by atoms with van der Waals surface area (Å²) in [5.41, 5.74) is 10.3. The van der Waals surface area contributed by atoms with Gasteiger partial charge in [0, 0.05) is 16.5 Å². The van der Waals surface area contributed by atoms with Gasteiger partial charge in [0.05, 0.1) is 0 Å². The van der Waals surface area contributed by atoms with Gasteiger partial charge in [0.1, 0.15) is 0 Å².